The fraction of sp³-hybridized carbons (Fsp3) is 0.161. The van der Waals surface area contributed by atoms with Crippen molar-refractivity contribution in [3.05, 3.63) is 119 Å². The fourth-order valence-corrected chi connectivity index (χ4v) is 4.65. The second-order valence-electron chi connectivity index (χ2n) is 9.63. The minimum absolute atomic E-state index is 0.0811. The van der Waals surface area contributed by atoms with E-state index in [4.69, 9.17) is 11.6 Å². The second-order valence-corrected chi connectivity index (χ2v) is 10.1. The summed E-state index contributed by atoms with van der Waals surface area (Å²) in [5, 5.41) is 11.9. The number of carbonyl (C=O) groups excluding carboxylic acids is 2. The lowest BCUT2D eigenvalue weighted by atomic mass is 10.0. The van der Waals surface area contributed by atoms with Gasteiger partial charge in [-0.25, -0.2) is 4.68 Å². The van der Waals surface area contributed by atoms with Crippen LogP contribution in [-0.4, -0.2) is 45.8 Å². The van der Waals surface area contributed by atoms with Crippen LogP contribution in [0.15, 0.2) is 103 Å². The highest BCUT2D eigenvalue weighted by Crippen LogP contribution is 2.28. The Hall–Kier alpha value is -4.69. The molecule has 0 unspecified atom stereocenters. The number of fused-ring (bicyclic) bond motifs is 1. The van der Waals surface area contributed by atoms with Gasteiger partial charge in [-0.05, 0) is 59.7 Å². The number of nitrogens with zero attached hydrogens (tertiary/aromatic N) is 5. The van der Waals surface area contributed by atoms with Crippen molar-refractivity contribution in [2.24, 2.45) is 0 Å². The van der Waals surface area contributed by atoms with Gasteiger partial charge in [-0.3, -0.25) is 9.59 Å². The van der Waals surface area contributed by atoms with Crippen molar-refractivity contribution < 1.29 is 9.59 Å². The molecule has 1 heterocycles. The standard InChI is InChI=1S/C31H29ClN6O2/c1-36(2)26-18-16-25(17-19-26)33-31(40)30(23-12-14-24(32)15-13-23)37(20-22-8-4-3-5-9-22)29(39)21-38-28-11-7-6-10-27(28)34-35-38/h3-19,30H,20-21H2,1-2H3,(H,33,40)/t30-/m1/s1. The number of rotatable bonds is 9. The average Bonchev–Trinajstić information content (AvgIpc) is 3.37. The highest BCUT2D eigenvalue weighted by molar-refractivity contribution is 6.30. The predicted molar refractivity (Wildman–Crippen MR) is 158 cm³/mol. The van der Waals surface area contributed by atoms with Gasteiger partial charge in [0.05, 0.1) is 5.52 Å². The van der Waals surface area contributed by atoms with E-state index in [1.165, 1.54) is 0 Å². The molecule has 5 rings (SSSR count). The predicted octanol–water partition coefficient (Wildman–Crippen LogP) is 5.56. The molecule has 2 amide bonds. The first-order valence-corrected chi connectivity index (χ1v) is 13.2. The Bertz CT molecular complexity index is 1600. The maximum absolute atomic E-state index is 14.0. The van der Waals surface area contributed by atoms with Crippen LogP contribution in [0.5, 0.6) is 0 Å². The van der Waals surface area contributed by atoms with Crippen molar-refractivity contribution >= 4 is 45.8 Å². The number of nitrogens with one attached hydrogen (secondary N) is 1. The molecule has 0 spiro atoms. The van der Waals surface area contributed by atoms with E-state index in [1.807, 2.05) is 97.9 Å². The van der Waals surface area contributed by atoms with E-state index in [0.717, 1.165) is 16.8 Å². The zero-order chi connectivity index (χ0) is 28.1. The van der Waals surface area contributed by atoms with Crippen molar-refractivity contribution in [3.63, 3.8) is 0 Å². The Labute approximate surface area is 237 Å². The number of hydrogen-bond acceptors (Lipinski definition) is 5. The van der Waals surface area contributed by atoms with Crippen LogP contribution in [0.4, 0.5) is 11.4 Å². The molecular weight excluding hydrogens is 524 g/mol. The van der Waals surface area contributed by atoms with Gasteiger partial charge in [0, 0.05) is 37.0 Å². The van der Waals surface area contributed by atoms with Crippen LogP contribution in [0.1, 0.15) is 17.2 Å². The molecule has 9 heteroatoms. The molecule has 0 saturated carbocycles. The smallest absolute Gasteiger partial charge is 0.251 e. The first kappa shape index (κ1) is 26.9. The van der Waals surface area contributed by atoms with Gasteiger partial charge in [0.25, 0.3) is 5.91 Å². The summed E-state index contributed by atoms with van der Waals surface area (Å²) < 4.78 is 1.56. The number of anilines is 2. The number of halogens is 1. The zero-order valence-electron chi connectivity index (χ0n) is 22.2. The molecule has 0 bridgehead atoms. The lowest BCUT2D eigenvalue weighted by Crippen LogP contribution is -2.42. The van der Waals surface area contributed by atoms with Gasteiger partial charge in [-0.1, -0.05) is 71.4 Å². The average molecular weight is 553 g/mol. The highest BCUT2D eigenvalue weighted by Gasteiger charge is 2.32. The lowest BCUT2D eigenvalue weighted by Gasteiger charge is -2.31. The van der Waals surface area contributed by atoms with E-state index in [1.54, 1.807) is 33.8 Å². The van der Waals surface area contributed by atoms with Gasteiger partial charge in [0.1, 0.15) is 18.1 Å². The van der Waals surface area contributed by atoms with Gasteiger partial charge in [0.2, 0.25) is 5.91 Å². The molecule has 0 radical (unpaired) electrons. The lowest BCUT2D eigenvalue weighted by molar-refractivity contribution is -0.140. The van der Waals surface area contributed by atoms with Crippen LogP contribution in [-0.2, 0) is 22.7 Å². The molecule has 4 aromatic carbocycles. The van der Waals surface area contributed by atoms with Crippen LogP contribution < -0.4 is 10.2 Å². The van der Waals surface area contributed by atoms with Crippen molar-refractivity contribution in [2.75, 3.05) is 24.3 Å². The molecule has 1 aromatic heterocycles. The molecular formula is C31H29ClN6O2. The second kappa shape index (κ2) is 12.0. The van der Waals surface area contributed by atoms with E-state index in [9.17, 15) is 9.59 Å². The van der Waals surface area contributed by atoms with Gasteiger partial charge in [-0.15, -0.1) is 5.10 Å². The van der Waals surface area contributed by atoms with Gasteiger partial charge >= 0.3 is 0 Å². The summed E-state index contributed by atoms with van der Waals surface area (Å²) in [6.07, 6.45) is 0. The third kappa shape index (κ3) is 6.13. The highest BCUT2D eigenvalue weighted by atomic mass is 35.5. The molecule has 8 nitrogen and oxygen atoms in total. The third-order valence-electron chi connectivity index (χ3n) is 6.62. The van der Waals surface area contributed by atoms with Crippen LogP contribution in [0.2, 0.25) is 5.02 Å². The maximum Gasteiger partial charge on any atom is 0.251 e. The summed E-state index contributed by atoms with van der Waals surface area (Å²) in [5.74, 6) is -0.620. The SMILES string of the molecule is CN(C)c1ccc(NC(=O)[C@@H](c2ccc(Cl)cc2)N(Cc2ccccc2)C(=O)Cn2nnc3ccccc32)cc1. The van der Waals surface area contributed by atoms with E-state index in [2.05, 4.69) is 15.6 Å². The van der Waals surface area contributed by atoms with Crippen LogP contribution >= 0.6 is 11.6 Å². The van der Waals surface area contributed by atoms with Gasteiger partial charge in [0.15, 0.2) is 0 Å². The zero-order valence-corrected chi connectivity index (χ0v) is 23.0. The van der Waals surface area contributed by atoms with Crippen molar-refractivity contribution in [2.45, 2.75) is 19.1 Å². The topological polar surface area (TPSA) is 83.4 Å². The van der Waals surface area contributed by atoms with Gasteiger partial charge in [-0.2, -0.15) is 0 Å². The Kier molecular flexibility index (Phi) is 8.07. The summed E-state index contributed by atoms with van der Waals surface area (Å²) in [6, 6.07) is 30.7. The Balaban J connectivity index is 1.52. The summed E-state index contributed by atoms with van der Waals surface area (Å²) in [5.41, 5.74) is 4.60. The monoisotopic (exact) mass is 552 g/mol. The number of benzene rings is 4. The van der Waals surface area contributed by atoms with E-state index in [0.29, 0.717) is 21.8 Å². The maximum atomic E-state index is 14.0. The van der Waals surface area contributed by atoms with Crippen molar-refractivity contribution in [1.29, 1.82) is 0 Å². The van der Waals surface area contributed by atoms with E-state index < -0.39 is 6.04 Å². The molecule has 0 saturated heterocycles. The Morgan fingerprint density at radius 2 is 1.55 bits per heavy atom. The molecule has 1 atom stereocenters. The van der Waals surface area contributed by atoms with E-state index >= 15 is 0 Å². The first-order chi connectivity index (χ1) is 19.4. The number of carbonyl (C=O) groups is 2. The molecule has 40 heavy (non-hydrogen) atoms. The number of hydrogen-bond donors (Lipinski definition) is 1. The Morgan fingerprint density at radius 3 is 2.25 bits per heavy atom. The Morgan fingerprint density at radius 1 is 0.875 bits per heavy atom. The molecule has 0 aliphatic heterocycles. The number of para-hydroxylation sites is 1. The summed E-state index contributed by atoms with van der Waals surface area (Å²) in [7, 11) is 3.91. The summed E-state index contributed by atoms with van der Waals surface area (Å²) in [4.78, 5) is 31.6. The minimum Gasteiger partial charge on any atom is -0.378 e. The first-order valence-electron chi connectivity index (χ1n) is 12.8. The molecule has 0 aliphatic rings. The number of amides is 2. The minimum atomic E-state index is -0.937. The van der Waals surface area contributed by atoms with Crippen LogP contribution in [0, 0.1) is 0 Å². The van der Waals surface area contributed by atoms with Gasteiger partial charge < -0.3 is 15.1 Å². The van der Waals surface area contributed by atoms with Crippen molar-refractivity contribution in [3.8, 4) is 0 Å². The molecule has 202 valence electrons. The van der Waals surface area contributed by atoms with Crippen LogP contribution in [0.3, 0.4) is 0 Å². The third-order valence-corrected chi connectivity index (χ3v) is 6.87. The normalized spacial score (nSPS) is 11.7. The van der Waals surface area contributed by atoms with E-state index in [-0.39, 0.29) is 24.9 Å². The molecule has 1 N–H and O–H groups in total. The number of aromatic nitrogens is 3. The summed E-state index contributed by atoms with van der Waals surface area (Å²) in [6.45, 7) is 0.134. The quantitative estimate of drug-likeness (QED) is 0.259. The van der Waals surface area contributed by atoms with Crippen molar-refractivity contribution in [1.82, 2.24) is 19.9 Å². The molecule has 5 aromatic rings. The van der Waals surface area contributed by atoms with Crippen LogP contribution in [0.25, 0.3) is 11.0 Å². The summed E-state index contributed by atoms with van der Waals surface area (Å²) >= 11 is 6.18. The fourth-order valence-electron chi connectivity index (χ4n) is 4.53. The largest absolute Gasteiger partial charge is 0.378 e. The molecule has 0 fully saturated rings. The molecule has 0 aliphatic carbocycles.